The Morgan fingerprint density at radius 3 is 2.50 bits per heavy atom. The van der Waals surface area contributed by atoms with Gasteiger partial charge in [-0.15, -0.1) is 0 Å². The first-order chi connectivity index (χ1) is 12.7. The van der Waals surface area contributed by atoms with Gasteiger partial charge in [-0.25, -0.2) is 4.79 Å². The first-order valence-corrected chi connectivity index (χ1v) is 10.1. The number of carbonyl (C=O) groups excluding carboxylic acids is 2. The maximum atomic E-state index is 12.5. The zero-order valence-corrected chi connectivity index (χ0v) is 15.6. The van der Waals surface area contributed by atoms with E-state index in [1.807, 2.05) is 30.3 Å². The van der Waals surface area contributed by atoms with E-state index >= 15 is 0 Å². The SMILES string of the molecule is O=C(NCC1CCCCC1)C1CCCN(C(=O)NCc2ccccc2)C1. The Morgan fingerprint density at radius 1 is 0.962 bits per heavy atom. The molecule has 0 radical (unpaired) electrons. The van der Waals surface area contributed by atoms with Crippen LogP contribution in [0, 0.1) is 11.8 Å². The average molecular weight is 357 g/mol. The predicted molar refractivity (Wildman–Crippen MR) is 103 cm³/mol. The molecule has 2 N–H and O–H groups in total. The van der Waals surface area contributed by atoms with Crippen LogP contribution in [-0.4, -0.2) is 36.5 Å². The van der Waals surface area contributed by atoms with Gasteiger partial charge in [0.05, 0.1) is 5.92 Å². The Bertz CT molecular complexity index is 584. The molecule has 0 spiro atoms. The minimum Gasteiger partial charge on any atom is -0.356 e. The van der Waals surface area contributed by atoms with Gasteiger partial charge in [0.25, 0.3) is 0 Å². The Balaban J connectivity index is 1.42. The van der Waals surface area contributed by atoms with Gasteiger partial charge in [-0.1, -0.05) is 49.6 Å². The molecule has 1 saturated heterocycles. The van der Waals surface area contributed by atoms with Crippen LogP contribution in [0.3, 0.4) is 0 Å². The zero-order chi connectivity index (χ0) is 18.2. The lowest BCUT2D eigenvalue weighted by atomic mass is 9.89. The summed E-state index contributed by atoms with van der Waals surface area (Å²) in [4.78, 5) is 26.7. The van der Waals surface area contributed by atoms with Crippen LogP contribution < -0.4 is 10.6 Å². The Kier molecular flexibility index (Phi) is 6.92. The van der Waals surface area contributed by atoms with Crippen molar-refractivity contribution in [3.63, 3.8) is 0 Å². The fourth-order valence-electron chi connectivity index (χ4n) is 4.04. The molecule has 1 aliphatic heterocycles. The zero-order valence-electron chi connectivity index (χ0n) is 15.6. The lowest BCUT2D eigenvalue weighted by molar-refractivity contribution is -0.126. The molecule has 0 aromatic heterocycles. The highest BCUT2D eigenvalue weighted by atomic mass is 16.2. The summed E-state index contributed by atoms with van der Waals surface area (Å²) in [5, 5.41) is 6.11. The van der Waals surface area contributed by atoms with E-state index in [9.17, 15) is 9.59 Å². The Hall–Kier alpha value is -2.04. The molecule has 1 aliphatic carbocycles. The molecule has 1 saturated carbocycles. The number of nitrogens with zero attached hydrogens (tertiary/aromatic N) is 1. The fourth-order valence-corrected chi connectivity index (χ4v) is 4.04. The minimum absolute atomic E-state index is 0.0707. The summed E-state index contributed by atoms with van der Waals surface area (Å²) < 4.78 is 0. The average Bonchev–Trinajstić information content (AvgIpc) is 2.72. The number of carbonyl (C=O) groups is 2. The van der Waals surface area contributed by atoms with E-state index in [1.165, 1.54) is 32.1 Å². The lowest BCUT2D eigenvalue weighted by Crippen LogP contribution is -2.49. The van der Waals surface area contributed by atoms with Gasteiger partial charge in [-0.05, 0) is 37.2 Å². The van der Waals surface area contributed by atoms with E-state index in [2.05, 4.69) is 10.6 Å². The van der Waals surface area contributed by atoms with Crippen molar-refractivity contribution in [2.24, 2.45) is 11.8 Å². The van der Waals surface area contributed by atoms with E-state index in [0.717, 1.165) is 31.5 Å². The van der Waals surface area contributed by atoms with Crippen LogP contribution in [0.15, 0.2) is 30.3 Å². The monoisotopic (exact) mass is 357 g/mol. The predicted octanol–water partition coefficient (Wildman–Crippen LogP) is 3.30. The number of hydrogen-bond acceptors (Lipinski definition) is 2. The molecule has 1 aromatic rings. The molecular formula is C21H31N3O2. The van der Waals surface area contributed by atoms with Gasteiger partial charge in [0.15, 0.2) is 0 Å². The molecule has 1 heterocycles. The number of likely N-dealkylation sites (tertiary alicyclic amines) is 1. The van der Waals surface area contributed by atoms with Crippen molar-refractivity contribution >= 4 is 11.9 Å². The molecule has 142 valence electrons. The van der Waals surface area contributed by atoms with E-state index < -0.39 is 0 Å². The molecule has 26 heavy (non-hydrogen) atoms. The van der Waals surface area contributed by atoms with Gasteiger partial charge in [0.1, 0.15) is 0 Å². The summed E-state index contributed by atoms with van der Waals surface area (Å²) in [6.45, 7) is 2.58. The van der Waals surface area contributed by atoms with Gasteiger partial charge in [-0.3, -0.25) is 4.79 Å². The van der Waals surface area contributed by atoms with Crippen LogP contribution in [0.25, 0.3) is 0 Å². The summed E-state index contributed by atoms with van der Waals surface area (Å²) in [7, 11) is 0. The quantitative estimate of drug-likeness (QED) is 0.849. The molecule has 0 bridgehead atoms. The topological polar surface area (TPSA) is 61.4 Å². The second-order valence-corrected chi connectivity index (χ2v) is 7.68. The van der Waals surface area contributed by atoms with Crippen LogP contribution in [0.1, 0.15) is 50.5 Å². The molecular weight excluding hydrogens is 326 g/mol. The number of hydrogen-bond donors (Lipinski definition) is 2. The second-order valence-electron chi connectivity index (χ2n) is 7.68. The number of benzene rings is 1. The molecule has 1 unspecified atom stereocenters. The van der Waals surface area contributed by atoms with Gasteiger partial charge >= 0.3 is 6.03 Å². The molecule has 2 aliphatic rings. The largest absolute Gasteiger partial charge is 0.356 e. The van der Waals surface area contributed by atoms with Crippen molar-refractivity contribution in [1.29, 1.82) is 0 Å². The van der Waals surface area contributed by atoms with E-state index in [-0.39, 0.29) is 17.9 Å². The van der Waals surface area contributed by atoms with Crippen molar-refractivity contribution in [2.45, 2.75) is 51.5 Å². The standard InChI is InChI=1S/C21H31N3O2/c25-20(22-14-17-8-3-1-4-9-17)19-12-7-13-24(16-19)21(26)23-15-18-10-5-2-6-11-18/h2,5-6,10-11,17,19H,1,3-4,7-9,12-16H2,(H,22,25)(H,23,26). The first-order valence-electron chi connectivity index (χ1n) is 10.1. The maximum absolute atomic E-state index is 12.5. The number of rotatable bonds is 5. The van der Waals surface area contributed by atoms with Crippen LogP contribution in [0.2, 0.25) is 0 Å². The number of piperidine rings is 1. The number of amides is 3. The Labute approximate surface area is 156 Å². The molecule has 3 amide bonds. The van der Waals surface area contributed by atoms with Crippen molar-refractivity contribution in [1.82, 2.24) is 15.5 Å². The number of urea groups is 1. The summed E-state index contributed by atoms with van der Waals surface area (Å²) in [6.07, 6.45) is 8.15. The van der Waals surface area contributed by atoms with Gasteiger partial charge in [0.2, 0.25) is 5.91 Å². The lowest BCUT2D eigenvalue weighted by Gasteiger charge is -2.32. The maximum Gasteiger partial charge on any atom is 0.317 e. The summed E-state index contributed by atoms with van der Waals surface area (Å²) >= 11 is 0. The van der Waals surface area contributed by atoms with Gasteiger partial charge in [-0.2, -0.15) is 0 Å². The van der Waals surface area contributed by atoms with Crippen molar-refractivity contribution in [3.05, 3.63) is 35.9 Å². The van der Waals surface area contributed by atoms with E-state index in [1.54, 1.807) is 4.90 Å². The van der Waals surface area contributed by atoms with Crippen molar-refractivity contribution in [3.8, 4) is 0 Å². The third-order valence-corrected chi connectivity index (χ3v) is 5.66. The van der Waals surface area contributed by atoms with Crippen molar-refractivity contribution < 1.29 is 9.59 Å². The van der Waals surface area contributed by atoms with Crippen LogP contribution in [0.5, 0.6) is 0 Å². The molecule has 5 nitrogen and oxygen atoms in total. The minimum atomic E-state index is -0.0742. The summed E-state index contributed by atoms with van der Waals surface area (Å²) in [5.74, 6) is 0.688. The number of nitrogens with one attached hydrogen (secondary N) is 2. The highest BCUT2D eigenvalue weighted by molar-refractivity contribution is 5.80. The molecule has 1 aromatic carbocycles. The smallest absolute Gasteiger partial charge is 0.317 e. The van der Waals surface area contributed by atoms with Crippen LogP contribution in [0.4, 0.5) is 4.79 Å². The van der Waals surface area contributed by atoms with E-state index in [0.29, 0.717) is 19.0 Å². The normalized spacial score (nSPS) is 21.2. The summed E-state index contributed by atoms with van der Waals surface area (Å²) in [6, 6.07) is 9.82. The third kappa shape index (κ3) is 5.48. The summed E-state index contributed by atoms with van der Waals surface area (Å²) in [5.41, 5.74) is 1.08. The van der Waals surface area contributed by atoms with Crippen LogP contribution >= 0.6 is 0 Å². The third-order valence-electron chi connectivity index (χ3n) is 5.66. The molecule has 2 fully saturated rings. The Morgan fingerprint density at radius 2 is 1.73 bits per heavy atom. The second kappa shape index (κ2) is 9.60. The highest BCUT2D eigenvalue weighted by Gasteiger charge is 2.28. The van der Waals surface area contributed by atoms with Gasteiger partial charge < -0.3 is 15.5 Å². The van der Waals surface area contributed by atoms with Gasteiger partial charge in [0, 0.05) is 26.2 Å². The van der Waals surface area contributed by atoms with Crippen LogP contribution in [-0.2, 0) is 11.3 Å². The van der Waals surface area contributed by atoms with Crippen molar-refractivity contribution in [2.75, 3.05) is 19.6 Å². The molecule has 3 rings (SSSR count). The fraction of sp³-hybridized carbons (Fsp3) is 0.619. The molecule has 5 heteroatoms. The highest BCUT2D eigenvalue weighted by Crippen LogP contribution is 2.23. The first kappa shape index (κ1) is 18.7. The molecule has 1 atom stereocenters. The van der Waals surface area contributed by atoms with E-state index in [4.69, 9.17) is 0 Å².